The monoisotopic (exact) mass is 374 g/mol. The van der Waals surface area contributed by atoms with Crippen LogP contribution in [0.5, 0.6) is 5.75 Å². The summed E-state index contributed by atoms with van der Waals surface area (Å²) in [6.45, 7) is 2.86. The van der Waals surface area contributed by atoms with Gasteiger partial charge in [-0.3, -0.25) is 4.79 Å². The number of sulfonamides is 1. The van der Waals surface area contributed by atoms with Crippen molar-refractivity contribution in [3.8, 4) is 5.75 Å². The highest BCUT2D eigenvalue weighted by molar-refractivity contribution is 7.89. The highest BCUT2D eigenvalue weighted by Crippen LogP contribution is 2.24. The molecule has 0 bridgehead atoms. The van der Waals surface area contributed by atoms with Crippen LogP contribution in [0, 0.1) is 6.92 Å². The molecule has 6 nitrogen and oxygen atoms in total. The van der Waals surface area contributed by atoms with Crippen LogP contribution >= 0.6 is 0 Å². The van der Waals surface area contributed by atoms with Crippen LogP contribution in [0.2, 0.25) is 0 Å². The second-order valence-electron chi connectivity index (χ2n) is 6.47. The van der Waals surface area contributed by atoms with E-state index in [1.165, 1.54) is 28.6 Å². The summed E-state index contributed by atoms with van der Waals surface area (Å²) in [5, 5.41) is 12.6. The van der Waals surface area contributed by atoms with Gasteiger partial charge in [0.05, 0.1) is 10.5 Å². The number of phenols is 1. The van der Waals surface area contributed by atoms with Crippen LogP contribution < -0.4 is 5.32 Å². The quantitative estimate of drug-likeness (QED) is 0.861. The fraction of sp³-hybridized carbons (Fsp3) is 0.316. The number of aromatic hydroxyl groups is 1. The van der Waals surface area contributed by atoms with Crippen LogP contribution in [0.4, 0.5) is 5.69 Å². The normalized spacial score (nSPS) is 15.6. The lowest BCUT2D eigenvalue weighted by Gasteiger charge is -2.26. The van der Waals surface area contributed by atoms with E-state index in [0.717, 1.165) is 24.8 Å². The van der Waals surface area contributed by atoms with E-state index in [9.17, 15) is 18.3 Å². The minimum atomic E-state index is -3.57. The van der Waals surface area contributed by atoms with E-state index in [-0.39, 0.29) is 16.2 Å². The Bertz CT molecular complexity index is 919. The van der Waals surface area contributed by atoms with Gasteiger partial charge in [-0.25, -0.2) is 8.42 Å². The molecular weight excluding hydrogens is 352 g/mol. The molecule has 0 radical (unpaired) electrons. The fourth-order valence-electron chi connectivity index (χ4n) is 3.02. The Morgan fingerprint density at radius 2 is 1.81 bits per heavy atom. The molecule has 1 aliphatic rings. The number of nitrogens with zero attached hydrogens (tertiary/aromatic N) is 1. The maximum Gasteiger partial charge on any atom is 0.259 e. The van der Waals surface area contributed by atoms with Crippen molar-refractivity contribution in [3.63, 3.8) is 0 Å². The van der Waals surface area contributed by atoms with Crippen LogP contribution in [0.3, 0.4) is 0 Å². The molecule has 2 aromatic rings. The second-order valence-corrected chi connectivity index (χ2v) is 8.41. The van der Waals surface area contributed by atoms with Gasteiger partial charge in [-0.05, 0) is 55.7 Å². The lowest BCUT2D eigenvalue weighted by Crippen LogP contribution is -2.35. The van der Waals surface area contributed by atoms with Crippen LogP contribution in [0.15, 0.2) is 47.4 Å². The molecular formula is C19H22N2O4S. The van der Waals surface area contributed by atoms with E-state index in [4.69, 9.17) is 0 Å². The van der Waals surface area contributed by atoms with Gasteiger partial charge < -0.3 is 10.4 Å². The van der Waals surface area contributed by atoms with Gasteiger partial charge in [0.25, 0.3) is 5.91 Å². The van der Waals surface area contributed by atoms with Crippen molar-refractivity contribution < 1.29 is 18.3 Å². The van der Waals surface area contributed by atoms with Gasteiger partial charge in [-0.1, -0.05) is 18.6 Å². The topological polar surface area (TPSA) is 86.7 Å². The summed E-state index contributed by atoms with van der Waals surface area (Å²) in [7, 11) is -3.57. The van der Waals surface area contributed by atoms with Crippen molar-refractivity contribution >= 4 is 21.6 Å². The summed E-state index contributed by atoms with van der Waals surface area (Å²) in [6, 6.07) is 11.0. The number of carbonyl (C=O) groups is 1. The van der Waals surface area contributed by atoms with Crippen LogP contribution in [0.25, 0.3) is 0 Å². The Kier molecular flexibility index (Phi) is 5.29. The number of rotatable bonds is 4. The summed E-state index contributed by atoms with van der Waals surface area (Å²) in [4.78, 5) is 12.5. The molecule has 0 aliphatic carbocycles. The lowest BCUT2D eigenvalue weighted by atomic mass is 10.1. The predicted octanol–water partition coefficient (Wildman–Crippen LogP) is 3.13. The Balaban J connectivity index is 1.82. The first-order valence-electron chi connectivity index (χ1n) is 8.59. The smallest absolute Gasteiger partial charge is 0.259 e. The van der Waals surface area contributed by atoms with Crippen molar-refractivity contribution in [1.82, 2.24) is 4.31 Å². The number of aryl methyl sites for hydroxylation is 1. The lowest BCUT2D eigenvalue weighted by molar-refractivity contribution is 0.102. The molecule has 7 heteroatoms. The number of hydrogen-bond acceptors (Lipinski definition) is 4. The first kappa shape index (κ1) is 18.4. The average Bonchev–Trinajstić information content (AvgIpc) is 2.62. The highest BCUT2D eigenvalue weighted by atomic mass is 32.2. The molecule has 1 fully saturated rings. The number of phenolic OH excluding ortho intramolecular Hbond substituents is 1. The Labute approximate surface area is 153 Å². The number of anilines is 1. The third-order valence-electron chi connectivity index (χ3n) is 4.44. The van der Waals surface area contributed by atoms with Crippen molar-refractivity contribution in [2.75, 3.05) is 18.4 Å². The molecule has 0 spiro atoms. The van der Waals surface area contributed by atoms with Crippen LogP contribution in [-0.2, 0) is 10.0 Å². The van der Waals surface area contributed by atoms with E-state index in [1.54, 1.807) is 18.2 Å². The van der Waals surface area contributed by atoms with Crippen molar-refractivity contribution in [2.45, 2.75) is 31.1 Å². The summed E-state index contributed by atoms with van der Waals surface area (Å²) < 4.78 is 27.0. The van der Waals surface area contributed by atoms with Crippen molar-refractivity contribution in [2.24, 2.45) is 0 Å². The first-order valence-corrected chi connectivity index (χ1v) is 10.0. The minimum Gasteiger partial charge on any atom is -0.507 e. The van der Waals surface area contributed by atoms with Gasteiger partial charge in [0.2, 0.25) is 10.0 Å². The third-order valence-corrected chi connectivity index (χ3v) is 6.34. The molecule has 1 aliphatic heterocycles. The molecule has 0 aromatic heterocycles. The largest absolute Gasteiger partial charge is 0.507 e. The molecule has 1 amide bonds. The number of nitrogens with one attached hydrogen (secondary N) is 1. The first-order chi connectivity index (χ1) is 12.4. The molecule has 0 saturated carbocycles. The maximum absolute atomic E-state index is 12.8. The summed E-state index contributed by atoms with van der Waals surface area (Å²) in [6.07, 6.45) is 2.77. The van der Waals surface area contributed by atoms with Gasteiger partial charge in [0.1, 0.15) is 5.75 Å². The van der Waals surface area contributed by atoms with Crippen molar-refractivity contribution in [1.29, 1.82) is 0 Å². The van der Waals surface area contributed by atoms with Gasteiger partial charge >= 0.3 is 0 Å². The van der Waals surface area contributed by atoms with E-state index < -0.39 is 15.9 Å². The van der Waals surface area contributed by atoms with Gasteiger partial charge in [-0.15, -0.1) is 0 Å². The molecule has 0 atom stereocenters. The Hall–Kier alpha value is -2.38. The number of amides is 1. The van der Waals surface area contributed by atoms with E-state index >= 15 is 0 Å². The maximum atomic E-state index is 12.8. The zero-order valence-corrected chi connectivity index (χ0v) is 15.4. The number of hydrogen-bond donors (Lipinski definition) is 2. The predicted molar refractivity (Wildman–Crippen MR) is 99.8 cm³/mol. The highest BCUT2D eigenvalue weighted by Gasteiger charge is 2.26. The molecule has 2 aromatic carbocycles. The zero-order valence-electron chi connectivity index (χ0n) is 14.6. The molecule has 1 saturated heterocycles. The molecule has 2 N–H and O–H groups in total. The molecule has 26 heavy (non-hydrogen) atoms. The molecule has 1 heterocycles. The Morgan fingerprint density at radius 3 is 2.50 bits per heavy atom. The van der Waals surface area contributed by atoms with E-state index in [1.807, 2.05) is 6.92 Å². The molecule has 0 unspecified atom stereocenters. The summed E-state index contributed by atoms with van der Waals surface area (Å²) in [5.74, 6) is -0.602. The summed E-state index contributed by atoms with van der Waals surface area (Å²) >= 11 is 0. The van der Waals surface area contributed by atoms with Gasteiger partial charge in [0.15, 0.2) is 0 Å². The van der Waals surface area contributed by atoms with E-state index in [2.05, 4.69) is 5.32 Å². The number of benzene rings is 2. The van der Waals surface area contributed by atoms with Gasteiger partial charge in [-0.2, -0.15) is 4.31 Å². The van der Waals surface area contributed by atoms with E-state index in [0.29, 0.717) is 18.8 Å². The van der Waals surface area contributed by atoms with Gasteiger partial charge in [0, 0.05) is 18.8 Å². The molecule has 3 rings (SSSR count). The molecule has 138 valence electrons. The standard InChI is InChI=1S/C19H22N2O4S/c1-14-8-9-17(18(22)12-14)19(23)20-15-6-5-7-16(13-15)26(24,25)21-10-3-2-4-11-21/h5-9,12-13,22H,2-4,10-11H2,1H3,(H,20,23). The number of piperidine rings is 1. The second kappa shape index (κ2) is 7.47. The number of carbonyl (C=O) groups excluding carboxylic acids is 1. The van der Waals surface area contributed by atoms with Crippen LogP contribution in [0.1, 0.15) is 35.2 Å². The average molecular weight is 374 g/mol. The van der Waals surface area contributed by atoms with Crippen LogP contribution in [-0.4, -0.2) is 36.8 Å². The SMILES string of the molecule is Cc1ccc(C(=O)Nc2cccc(S(=O)(=O)N3CCCCC3)c2)c(O)c1. The fourth-order valence-corrected chi connectivity index (χ4v) is 4.58. The zero-order chi connectivity index (χ0) is 18.7. The minimum absolute atomic E-state index is 0.111. The summed E-state index contributed by atoms with van der Waals surface area (Å²) in [5.41, 5.74) is 1.35. The van der Waals surface area contributed by atoms with Crippen molar-refractivity contribution in [3.05, 3.63) is 53.6 Å². The Morgan fingerprint density at radius 1 is 1.08 bits per heavy atom. The third kappa shape index (κ3) is 3.89.